The van der Waals surface area contributed by atoms with Crippen molar-refractivity contribution in [3.8, 4) is 6.07 Å². The van der Waals surface area contributed by atoms with E-state index in [9.17, 15) is 10.1 Å². The molecule has 0 spiro atoms. The minimum atomic E-state index is -0.559. The maximum atomic E-state index is 12.2. The van der Waals surface area contributed by atoms with Crippen LogP contribution in [0.4, 0.5) is 4.79 Å². The number of carbonyl (C=O) groups excluding carboxylic acids is 1. The molecule has 4 nitrogen and oxygen atoms in total. The molecule has 5 heteroatoms. The summed E-state index contributed by atoms with van der Waals surface area (Å²) in [4.78, 5) is 12.2. The standard InChI is InChI=1S/C22H25ClN2O2/c1-15(25-21(26)27-22(2,3)4)20(13-16-8-10-19(23)11-9-16)18-7-5-6-17(12-18)14-24/h5-12,15,20H,13H2,1-4H3,(H,25,26). The molecule has 142 valence electrons. The number of nitrogens with one attached hydrogen (secondary N) is 1. The lowest BCUT2D eigenvalue weighted by Gasteiger charge is -2.27. The van der Waals surface area contributed by atoms with Gasteiger partial charge in [-0.3, -0.25) is 0 Å². The molecule has 2 unspecified atom stereocenters. The summed E-state index contributed by atoms with van der Waals surface area (Å²) in [6.45, 7) is 7.44. The topological polar surface area (TPSA) is 62.1 Å². The van der Waals surface area contributed by atoms with Crippen LogP contribution in [0.3, 0.4) is 0 Å². The largest absolute Gasteiger partial charge is 0.444 e. The molecule has 0 aromatic heterocycles. The van der Waals surface area contributed by atoms with Crippen molar-refractivity contribution in [2.24, 2.45) is 0 Å². The molecule has 0 bridgehead atoms. The molecule has 0 saturated heterocycles. The third kappa shape index (κ3) is 6.62. The van der Waals surface area contributed by atoms with Crippen LogP contribution in [0.25, 0.3) is 0 Å². The Kier molecular flexibility index (Phi) is 6.87. The van der Waals surface area contributed by atoms with Crippen molar-refractivity contribution in [3.05, 3.63) is 70.2 Å². The highest BCUT2D eigenvalue weighted by atomic mass is 35.5. The van der Waals surface area contributed by atoms with Crippen LogP contribution in [0.2, 0.25) is 5.02 Å². The first kappa shape index (κ1) is 20.8. The zero-order valence-corrected chi connectivity index (χ0v) is 16.9. The number of hydrogen-bond acceptors (Lipinski definition) is 3. The number of alkyl carbamates (subject to hydrolysis) is 1. The summed E-state index contributed by atoms with van der Waals surface area (Å²) in [6, 6.07) is 17.1. The van der Waals surface area contributed by atoms with Gasteiger partial charge in [-0.2, -0.15) is 5.26 Å². The van der Waals surface area contributed by atoms with Gasteiger partial charge in [0.25, 0.3) is 0 Å². The highest BCUT2D eigenvalue weighted by Crippen LogP contribution is 2.26. The fraction of sp³-hybridized carbons (Fsp3) is 0.364. The van der Waals surface area contributed by atoms with E-state index in [1.807, 2.05) is 70.2 Å². The summed E-state index contributed by atoms with van der Waals surface area (Å²) in [7, 11) is 0. The van der Waals surface area contributed by atoms with E-state index in [1.54, 1.807) is 6.07 Å². The van der Waals surface area contributed by atoms with E-state index < -0.39 is 11.7 Å². The lowest BCUT2D eigenvalue weighted by molar-refractivity contribution is 0.0501. The predicted octanol–water partition coefficient (Wildman–Crippen LogP) is 5.45. The van der Waals surface area contributed by atoms with Crippen LogP contribution in [-0.4, -0.2) is 17.7 Å². The number of nitriles is 1. The molecule has 0 fully saturated rings. The van der Waals surface area contributed by atoms with Crippen LogP contribution in [0.1, 0.15) is 50.3 Å². The van der Waals surface area contributed by atoms with Crippen molar-refractivity contribution in [1.82, 2.24) is 5.32 Å². The van der Waals surface area contributed by atoms with Crippen molar-refractivity contribution in [3.63, 3.8) is 0 Å². The Morgan fingerprint density at radius 1 is 1.22 bits per heavy atom. The van der Waals surface area contributed by atoms with Gasteiger partial charge in [-0.15, -0.1) is 0 Å². The molecule has 1 N–H and O–H groups in total. The van der Waals surface area contributed by atoms with E-state index in [2.05, 4.69) is 11.4 Å². The second kappa shape index (κ2) is 8.92. The Morgan fingerprint density at radius 2 is 1.89 bits per heavy atom. The zero-order chi connectivity index (χ0) is 20.0. The third-order valence-electron chi connectivity index (χ3n) is 4.16. The molecule has 0 radical (unpaired) electrons. The van der Waals surface area contributed by atoms with Crippen LogP contribution in [0, 0.1) is 11.3 Å². The average molecular weight is 385 g/mol. The molecule has 0 heterocycles. The number of carbonyl (C=O) groups is 1. The smallest absolute Gasteiger partial charge is 0.407 e. The first-order valence-electron chi connectivity index (χ1n) is 8.92. The average Bonchev–Trinajstić information content (AvgIpc) is 2.59. The van der Waals surface area contributed by atoms with Gasteiger partial charge in [-0.05, 0) is 69.5 Å². The van der Waals surface area contributed by atoms with Crippen LogP contribution < -0.4 is 5.32 Å². The second-order valence-electron chi connectivity index (χ2n) is 7.61. The zero-order valence-electron chi connectivity index (χ0n) is 16.1. The maximum absolute atomic E-state index is 12.2. The molecule has 0 aliphatic rings. The van der Waals surface area contributed by atoms with E-state index in [1.165, 1.54) is 0 Å². The molecule has 0 saturated carbocycles. The minimum Gasteiger partial charge on any atom is -0.444 e. The van der Waals surface area contributed by atoms with Crippen molar-refractivity contribution in [2.75, 3.05) is 0 Å². The van der Waals surface area contributed by atoms with E-state index in [-0.39, 0.29) is 12.0 Å². The third-order valence-corrected chi connectivity index (χ3v) is 4.41. The van der Waals surface area contributed by atoms with Crippen molar-refractivity contribution in [1.29, 1.82) is 5.26 Å². The monoisotopic (exact) mass is 384 g/mol. The lowest BCUT2D eigenvalue weighted by atomic mass is 9.86. The first-order chi connectivity index (χ1) is 12.7. The van der Waals surface area contributed by atoms with Crippen molar-refractivity contribution >= 4 is 17.7 Å². The Balaban J connectivity index is 2.26. The summed E-state index contributed by atoms with van der Waals surface area (Å²) in [5.74, 6) is -0.0213. The molecule has 1 amide bonds. The number of rotatable bonds is 5. The molecule has 0 aliphatic heterocycles. The Bertz CT molecular complexity index is 819. The summed E-state index contributed by atoms with van der Waals surface area (Å²) in [5, 5.41) is 12.8. The summed E-state index contributed by atoms with van der Waals surface area (Å²) in [6.07, 6.45) is 0.246. The van der Waals surface area contributed by atoms with Gasteiger partial charge < -0.3 is 10.1 Å². The van der Waals surface area contributed by atoms with Crippen molar-refractivity contribution in [2.45, 2.75) is 51.7 Å². The molecule has 27 heavy (non-hydrogen) atoms. The van der Waals surface area contributed by atoms with Crippen molar-refractivity contribution < 1.29 is 9.53 Å². The highest BCUT2D eigenvalue weighted by Gasteiger charge is 2.24. The van der Waals surface area contributed by atoms with E-state index in [0.29, 0.717) is 17.0 Å². The predicted molar refractivity (Wildman–Crippen MR) is 108 cm³/mol. The summed E-state index contributed by atoms with van der Waals surface area (Å²) < 4.78 is 5.39. The lowest BCUT2D eigenvalue weighted by Crippen LogP contribution is -2.41. The SMILES string of the molecule is CC(NC(=O)OC(C)(C)C)C(Cc1ccc(Cl)cc1)c1cccc(C#N)c1. The number of amides is 1. The van der Waals surface area contributed by atoms with E-state index in [0.717, 1.165) is 11.1 Å². The second-order valence-corrected chi connectivity index (χ2v) is 8.05. The van der Waals surface area contributed by atoms with Gasteiger partial charge >= 0.3 is 6.09 Å². The molecule has 2 aromatic rings. The normalized spacial score (nSPS) is 13.3. The number of nitrogens with zero attached hydrogens (tertiary/aromatic N) is 1. The Morgan fingerprint density at radius 3 is 2.48 bits per heavy atom. The van der Waals surface area contributed by atoms with Gasteiger partial charge in [0.2, 0.25) is 0 Å². The molecule has 2 aromatic carbocycles. The van der Waals surface area contributed by atoms with Gasteiger partial charge in [0.1, 0.15) is 5.60 Å². The molecule has 2 atom stereocenters. The minimum absolute atomic E-state index is 0.0213. The van der Waals surface area contributed by atoms with Gasteiger partial charge in [-0.25, -0.2) is 4.79 Å². The van der Waals surface area contributed by atoms with E-state index >= 15 is 0 Å². The van der Waals surface area contributed by atoms with Gasteiger partial charge in [0, 0.05) is 17.0 Å². The van der Waals surface area contributed by atoms with Crippen LogP contribution >= 0.6 is 11.6 Å². The van der Waals surface area contributed by atoms with E-state index in [4.69, 9.17) is 16.3 Å². The Labute approximate surface area is 166 Å². The molecule has 0 aliphatic carbocycles. The Hall–Kier alpha value is -2.51. The molecular weight excluding hydrogens is 360 g/mol. The highest BCUT2D eigenvalue weighted by molar-refractivity contribution is 6.30. The van der Waals surface area contributed by atoms with Crippen LogP contribution in [0.5, 0.6) is 0 Å². The van der Waals surface area contributed by atoms with Gasteiger partial charge in [-0.1, -0.05) is 35.9 Å². The number of ether oxygens (including phenoxy) is 1. The van der Waals surface area contributed by atoms with Crippen LogP contribution in [0.15, 0.2) is 48.5 Å². The number of hydrogen-bond donors (Lipinski definition) is 1. The maximum Gasteiger partial charge on any atom is 0.407 e. The quantitative estimate of drug-likeness (QED) is 0.745. The van der Waals surface area contributed by atoms with Gasteiger partial charge in [0.05, 0.1) is 11.6 Å². The fourth-order valence-corrected chi connectivity index (χ4v) is 3.02. The number of halogens is 1. The van der Waals surface area contributed by atoms with Crippen LogP contribution in [-0.2, 0) is 11.2 Å². The fourth-order valence-electron chi connectivity index (χ4n) is 2.89. The number of benzene rings is 2. The van der Waals surface area contributed by atoms with Gasteiger partial charge in [0.15, 0.2) is 0 Å². The molecule has 2 rings (SSSR count). The summed E-state index contributed by atoms with van der Waals surface area (Å²) in [5.41, 5.74) is 2.13. The molecular formula is C22H25ClN2O2. The summed E-state index contributed by atoms with van der Waals surface area (Å²) >= 11 is 5.99. The first-order valence-corrected chi connectivity index (χ1v) is 9.30.